The van der Waals surface area contributed by atoms with Crippen LogP contribution in [0.15, 0.2) is 54.6 Å². The molecule has 0 saturated carbocycles. The Balaban J connectivity index is 1.72. The van der Waals surface area contributed by atoms with Crippen molar-refractivity contribution in [1.29, 1.82) is 0 Å². The standard InChI is InChI=1S/C18H18N2O5/c1-24-17(22)14-7-9-15(10-8-14)25-12-16(21)20-18(23)19-11-13-5-3-2-4-6-13/h2-10H,11-12H2,1H3,(H2,19,20,21,23). The third kappa shape index (κ3) is 5.98. The molecular weight excluding hydrogens is 324 g/mol. The fourth-order valence-electron chi connectivity index (χ4n) is 1.94. The monoisotopic (exact) mass is 342 g/mol. The molecule has 0 aliphatic heterocycles. The smallest absolute Gasteiger partial charge is 0.337 e. The summed E-state index contributed by atoms with van der Waals surface area (Å²) in [6.45, 7) is -0.00781. The number of benzene rings is 2. The molecule has 7 nitrogen and oxygen atoms in total. The normalized spacial score (nSPS) is 9.80. The number of carbonyl (C=O) groups is 3. The maximum absolute atomic E-state index is 11.7. The lowest BCUT2D eigenvalue weighted by Gasteiger charge is -2.08. The van der Waals surface area contributed by atoms with E-state index in [-0.39, 0.29) is 6.61 Å². The van der Waals surface area contributed by atoms with Crippen molar-refractivity contribution in [3.05, 3.63) is 65.7 Å². The van der Waals surface area contributed by atoms with Gasteiger partial charge in [-0.25, -0.2) is 9.59 Å². The molecule has 0 aliphatic rings. The van der Waals surface area contributed by atoms with Gasteiger partial charge in [-0.3, -0.25) is 10.1 Å². The van der Waals surface area contributed by atoms with Gasteiger partial charge in [0.05, 0.1) is 12.7 Å². The van der Waals surface area contributed by atoms with E-state index < -0.39 is 17.9 Å². The molecule has 0 bridgehead atoms. The Labute approximate surface area is 144 Å². The molecule has 7 heteroatoms. The topological polar surface area (TPSA) is 93.7 Å². The van der Waals surface area contributed by atoms with Crippen molar-refractivity contribution < 1.29 is 23.9 Å². The number of methoxy groups -OCH3 is 1. The van der Waals surface area contributed by atoms with E-state index in [0.717, 1.165) is 5.56 Å². The number of hydrogen-bond acceptors (Lipinski definition) is 5. The van der Waals surface area contributed by atoms with E-state index in [1.54, 1.807) is 0 Å². The SMILES string of the molecule is COC(=O)c1ccc(OCC(=O)NC(=O)NCc2ccccc2)cc1. The third-order valence-electron chi connectivity index (χ3n) is 3.19. The lowest BCUT2D eigenvalue weighted by Crippen LogP contribution is -2.41. The van der Waals surface area contributed by atoms with Gasteiger partial charge in [0.2, 0.25) is 0 Å². The summed E-state index contributed by atoms with van der Waals surface area (Å²) in [7, 11) is 1.29. The van der Waals surface area contributed by atoms with Gasteiger partial charge in [0.25, 0.3) is 5.91 Å². The Hall–Kier alpha value is -3.35. The molecule has 0 aliphatic carbocycles. The van der Waals surface area contributed by atoms with E-state index in [1.165, 1.54) is 31.4 Å². The lowest BCUT2D eigenvalue weighted by atomic mass is 10.2. The van der Waals surface area contributed by atoms with Gasteiger partial charge in [0.15, 0.2) is 6.61 Å². The molecule has 3 amide bonds. The average Bonchev–Trinajstić information content (AvgIpc) is 2.65. The minimum absolute atomic E-state index is 0.315. The molecule has 0 fully saturated rings. The van der Waals surface area contributed by atoms with E-state index >= 15 is 0 Å². The summed E-state index contributed by atoms with van der Waals surface area (Å²) < 4.78 is 9.84. The van der Waals surface area contributed by atoms with Gasteiger partial charge < -0.3 is 14.8 Å². The van der Waals surface area contributed by atoms with Crippen molar-refractivity contribution >= 4 is 17.9 Å². The molecule has 25 heavy (non-hydrogen) atoms. The van der Waals surface area contributed by atoms with Gasteiger partial charge in [-0.2, -0.15) is 0 Å². The van der Waals surface area contributed by atoms with Gasteiger partial charge >= 0.3 is 12.0 Å². The summed E-state index contributed by atoms with van der Waals surface area (Å²) >= 11 is 0. The van der Waals surface area contributed by atoms with Gasteiger partial charge in [-0.15, -0.1) is 0 Å². The van der Waals surface area contributed by atoms with Crippen LogP contribution in [0.3, 0.4) is 0 Å². The second kappa shape index (κ2) is 9.07. The Morgan fingerprint density at radius 3 is 2.28 bits per heavy atom. The fraction of sp³-hybridized carbons (Fsp3) is 0.167. The molecule has 0 atom stereocenters. The highest BCUT2D eigenvalue weighted by Gasteiger charge is 2.09. The number of rotatable bonds is 6. The summed E-state index contributed by atoms with van der Waals surface area (Å²) in [5, 5.41) is 4.75. The molecule has 2 rings (SSSR count). The van der Waals surface area contributed by atoms with Crippen molar-refractivity contribution in [2.45, 2.75) is 6.54 Å². The minimum Gasteiger partial charge on any atom is -0.484 e. The highest BCUT2D eigenvalue weighted by Crippen LogP contribution is 2.12. The van der Waals surface area contributed by atoms with Crippen molar-refractivity contribution in [3.8, 4) is 5.75 Å². The fourth-order valence-corrected chi connectivity index (χ4v) is 1.94. The molecule has 0 heterocycles. The number of carbonyl (C=O) groups excluding carboxylic acids is 3. The predicted octanol–water partition coefficient (Wildman–Crippen LogP) is 1.88. The number of amides is 3. The number of imide groups is 1. The van der Waals surface area contributed by atoms with Crippen molar-refractivity contribution in [3.63, 3.8) is 0 Å². The second-order valence-electron chi connectivity index (χ2n) is 5.02. The zero-order valence-electron chi connectivity index (χ0n) is 13.7. The van der Waals surface area contributed by atoms with Gasteiger partial charge in [-0.1, -0.05) is 30.3 Å². The first kappa shape index (κ1) is 18.0. The van der Waals surface area contributed by atoms with Crippen LogP contribution in [0.2, 0.25) is 0 Å². The molecule has 0 unspecified atom stereocenters. The van der Waals surface area contributed by atoms with E-state index in [1.807, 2.05) is 30.3 Å². The van der Waals surface area contributed by atoms with Crippen LogP contribution in [0.25, 0.3) is 0 Å². The number of hydrogen-bond donors (Lipinski definition) is 2. The largest absolute Gasteiger partial charge is 0.484 e. The molecule has 130 valence electrons. The van der Waals surface area contributed by atoms with Crippen LogP contribution < -0.4 is 15.4 Å². The first-order valence-electron chi connectivity index (χ1n) is 7.51. The Kier molecular flexibility index (Phi) is 6.53. The van der Waals surface area contributed by atoms with Crippen molar-refractivity contribution in [2.75, 3.05) is 13.7 Å². The van der Waals surface area contributed by atoms with E-state index in [9.17, 15) is 14.4 Å². The Morgan fingerprint density at radius 2 is 1.64 bits per heavy atom. The zero-order valence-corrected chi connectivity index (χ0v) is 13.7. The molecule has 0 aromatic heterocycles. The lowest BCUT2D eigenvalue weighted by molar-refractivity contribution is -0.122. The van der Waals surface area contributed by atoms with Crippen LogP contribution in [0.1, 0.15) is 15.9 Å². The van der Waals surface area contributed by atoms with Crippen LogP contribution in [-0.2, 0) is 16.1 Å². The number of ether oxygens (including phenoxy) is 2. The average molecular weight is 342 g/mol. The molecule has 0 radical (unpaired) electrons. The quantitative estimate of drug-likeness (QED) is 0.782. The molecule has 0 saturated heterocycles. The number of nitrogens with one attached hydrogen (secondary N) is 2. The van der Waals surface area contributed by atoms with Crippen LogP contribution in [0.4, 0.5) is 4.79 Å². The highest BCUT2D eigenvalue weighted by atomic mass is 16.5. The van der Waals surface area contributed by atoms with Gasteiger partial charge in [-0.05, 0) is 29.8 Å². The molecule has 2 aromatic carbocycles. The predicted molar refractivity (Wildman–Crippen MR) is 90.1 cm³/mol. The third-order valence-corrected chi connectivity index (χ3v) is 3.19. The Bertz CT molecular complexity index is 729. The molecular formula is C18H18N2O5. The second-order valence-corrected chi connectivity index (χ2v) is 5.02. The van der Waals surface area contributed by atoms with Gasteiger partial charge in [0, 0.05) is 6.54 Å². The van der Waals surface area contributed by atoms with Gasteiger partial charge in [0.1, 0.15) is 5.75 Å². The van der Waals surface area contributed by atoms with Crippen LogP contribution in [0, 0.1) is 0 Å². The highest BCUT2D eigenvalue weighted by molar-refractivity contribution is 5.95. The van der Waals surface area contributed by atoms with Crippen LogP contribution in [-0.4, -0.2) is 31.6 Å². The maximum Gasteiger partial charge on any atom is 0.337 e. The first-order valence-corrected chi connectivity index (χ1v) is 7.51. The summed E-state index contributed by atoms with van der Waals surface area (Å²) in [6, 6.07) is 14.8. The molecule has 0 spiro atoms. The first-order chi connectivity index (χ1) is 12.1. The number of urea groups is 1. The Morgan fingerprint density at radius 1 is 0.960 bits per heavy atom. The van der Waals surface area contributed by atoms with E-state index in [4.69, 9.17) is 4.74 Å². The van der Waals surface area contributed by atoms with E-state index in [2.05, 4.69) is 15.4 Å². The summed E-state index contributed by atoms with van der Waals surface area (Å²) in [5.74, 6) is -0.644. The summed E-state index contributed by atoms with van der Waals surface area (Å²) in [4.78, 5) is 34.6. The molecule has 2 N–H and O–H groups in total. The van der Waals surface area contributed by atoms with Crippen molar-refractivity contribution in [2.24, 2.45) is 0 Å². The van der Waals surface area contributed by atoms with Crippen LogP contribution in [0.5, 0.6) is 5.75 Å². The van der Waals surface area contributed by atoms with Crippen molar-refractivity contribution in [1.82, 2.24) is 10.6 Å². The number of esters is 1. The zero-order chi connectivity index (χ0) is 18.1. The summed E-state index contributed by atoms with van der Waals surface area (Å²) in [6.07, 6.45) is 0. The summed E-state index contributed by atoms with van der Waals surface area (Å²) in [5.41, 5.74) is 1.30. The van der Waals surface area contributed by atoms with E-state index in [0.29, 0.717) is 17.9 Å². The minimum atomic E-state index is -0.599. The molecule has 2 aromatic rings. The maximum atomic E-state index is 11.7. The van der Waals surface area contributed by atoms with Crippen LogP contribution >= 0.6 is 0 Å².